The van der Waals surface area contributed by atoms with Gasteiger partial charge in [-0.25, -0.2) is 4.98 Å². The van der Waals surface area contributed by atoms with Gasteiger partial charge in [-0.05, 0) is 24.3 Å². The van der Waals surface area contributed by atoms with Crippen molar-refractivity contribution in [2.24, 2.45) is 0 Å². The van der Waals surface area contributed by atoms with Gasteiger partial charge in [0, 0.05) is 42.7 Å². The molecule has 0 aromatic carbocycles. The van der Waals surface area contributed by atoms with Gasteiger partial charge in [0.1, 0.15) is 5.82 Å². The smallest absolute Gasteiger partial charge is 0.182 e. The van der Waals surface area contributed by atoms with E-state index >= 15 is 0 Å². The van der Waals surface area contributed by atoms with E-state index in [0.29, 0.717) is 6.04 Å². The topological polar surface area (TPSA) is 66.5 Å². The summed E-state index contributed by atoms with van der Waals surface area (Å²) in [4.78, 5) is 8.57. The van der Waals surface area contributed by atoms with Crippen molar-refractivity contribution in [2.75, 3.05) is 18.1 Å². The SMILES string of the molecule is c1cncc(-c2n[nH]c(CCNC3CCSC3)n2)c1. The number of hydrogen-bond donors (Lipinski definition) is 2. The highest BCUT2D eigenvalue weighted by molar-refractivity contribution is 7.99. The Labute approximate surface area is 116 Å². The first kappa shape index (κ1) is 12.6. The van der Waals surface area contributed by atoms with Gasteiger partial charge in [-0.15, -0.1) is 0 Å². The third-order valence-corrected chi connectivity index (χ3v) is 4.34. The fourth-order valence-corrected chi connectivity index (χ4v) is 3.31. The molecule has 3 heterocycles. The van der Waals surface area contributed by atoms with E-state index in [1.807, 2.05) is 23.9 Å². The molecule has 1 aliphatic heterocycles. The number of pyridine rings is 1. The maximum Gasteiger partial charge on any atom is 0.182 e. The van der Waals surface area contributed by atoms with E-state index in [0.717, 1.165) is 30.2 Å². The van der Waals surface area contributed by atoms with Gasteiger partial charge in [0.2, 0.25) is 0 Å². The van der Waals surface area contributed by atoms with Gasteiger partial charge >= 0.3 is 0 Å². The Balaban J connectivity index is 1.53. The van der Waals surface area contributed by atoms with Crippen LogP contribution in [0.4, 0.5) is 0 Å². The summed E-state index contributed by atoms with van der Waals surface area (Å²) in [7, 11) is 0. The zero-order valence-corrected chi connectivity index (χ0v) is 11.5. The predicted octanol–water partition coefficient (Wildman–Crippen LogP) is 1.50. The minimum absolute atomic E-state index is 0.672. The van der Waals surface area contributed by atoms with E-state index in [1.165, 1.54) is 17.9 Å². The number of aromatic amines is 1. The van der Waals surface area contributed by atoms with Crippen LogP contribution >= 0.6 is 11.8 Å². The van der Waals surface area contributed by atoms with Crippen LogP contribution in [0.3, 0.4) is 0 Å². The second-order valence-electron chi connectivity index (χ2n) is 4.61. The molecule has 5 nitrogen and oxygen atoms in total. The van der Waals surface area contributed by atoms with Crippen LogP contribution in [0.1, 0.15) is 12.2 Å². The Morgan fingerprint density at radius 1 is 1.47 bits per heavy atom. The summed E-state index contributed by atoms with van der Waals surface area (Å²) in [6.45, 7) is 0.951. The highest BCUT2D eigenvalue weighted by Gasteiger charge is 2.14. The molecule has 2 aromatic rings. The fourth-order valence-electron chi connectivity index (χ4n) is 2.12. The molecule has 0 aliphatic carbocycles. The lowest BCUT2D eigenvalue weighted by atomic mass is 10.2. The number of thioether (sulfide) groups is 1. The van der Waals surface area contributed by atoms with Crippen LogP contribution < -0.4 is 5.32 Å². The van der Waals surface area contributed by atoms with Crippen molar-refractivity contribution in [1.82, 2.24) is 25.5 Å². The van der Waals surface area contributed by atoms with Crippen molar-refractivity contribution < 1.29 is 0 Å². The van der Waals surface area contributed by atoms with Gasteiger partial charge in [-0.2, -0.15) is 16.9 Å². The minimum atomic E-state index is 0.672. The molecule has 0 amide bonds. The Kier molecular flexibility index (Phi) is 4.10. The molecule has 0 bridgehead atoms. The highest BCUT2D eigenvalue weighted by Crippen LogP contribution is 2.17. The Bertz CT molecular complexity index is 507. The summed E-state index contributed by atoms with van der Waals surface area (Å²) < 4.78 is 0. The molecule has 1 aliphatic rings. The summed E-state index contributed by atoms with van der Waals surface area (Å²) in [6.07, 6.45) is 5.69. The average molecular weight is 275 g/mol. The van der Waals surface area contributed by atoms with Crippen molar-refractivity contribution in [1.29, 1.82) is 0 Å². The van der Waals surface area contributed by atoms with Crippen molar-refractivity contribution in [3.05, 3.63) is 30.4 Å². The Morgan fingerprint density at radius 3 is 3.26 bits per heavy atom. The lowest BCUT2D eigenvalue weighted by Crippen LogP contribution is -2.30. The van der Waals surface area contributed by atoms with E-state index < -0.39 is 0 Å². The molecule has 19 heavy (non-hydrogen) atoms. The van der Waals surface area contributed by atoms with Crippen LogP contribution in [0, 0.1) is 0 Å². The summed E-state index contributed by atoms with van der Waals surface area (Å²) in [5, 5.41) is 10.8. The molecule has 3 rings (SSSR count). The monoisotopic (exact) mass is 275 g/mol. The first-order chi connectivity index (χ1) is 9.42. The molecular weight excluding hydrogens is 258 g/mol. The van der Waals surface area contributed by atoms with E-state index in [4.69, 9.17) is 0 Å². The fraction of sp³-hybridized carbons (Fsp3) is 0.462. The highest BCUT2D eigenvalue weighted by atomic mass is 32.2. The van der Waals surface area contributed by atoms with Gasteiger partial charge in [0.15, 0.2) is 5.82 Å². The van der Waals surface area contributed by atoms with Crippen molar-refractivity contribution in [3.8, 4) is 11.4 Å². The lowest BCUT2D eigenvalue weighted by Gasteiger charge is -2.09. The number of nitrogens with one attached hydrogen (secondary N) is 2. The minimum Gasteiger partial charge on any atom is -0.313 e. The third-order valence-electron chi connectivity index (χ3n) is 3.18. The second kappa shape index (κ2) is 6.16. The molecule has 1 atom stereocenters. The van der Waals surface area contributed by atoms with Crippen LogP contribution in [-0.2, 0) is 6.42 Å². The van der Waals surface area contributed by atoms with Crippen molar-refractivity contribution >= 4 is 11.8 Å². The zero-order valence-electron chi connectivity index (χ0n) is 10.7. The van der Waals surface area contributed by atoms with Gasteiger partial charge in [0.25, 0.3) is 0 Å². The summed E-state index contributed by atoms with van der Waals surface area (Å²) in [5.41, 5.74) is 0.949. The summed E-state index contributed by atoms with van der Waals surface area (Å²) in [5.74, 6) is 4.17. The number of H-pyrrole nitrogens is 1. The van der Waals surface area contributed by atoms with Crippen molar-refractivity contribution in [3.63, 3.8) is 0 Å². The van der Waals surface area contributed by atoms with E-state index in [1.54, 1.807) is 12.4 Å². The molecular formula is C13H17N5S. The lowest BCUT2D eigenvalue weighted by molar-refractivity contribution is 0.555. The molecule has 1 saturated heterocycles. The second-order valence-corrected chi connectivity index (χ2v) is 5.76. The molecule has 1 unspecified atom stereocenters. The van der Waals surface area contributed by atoms with Crippen LogP contribution in [0.2, 0.25) is 0 Å². The maximum absolute atomic E-state index is 4.49. The average Bonchev–Trinajstić information content (AvgIpc) is 3.11. The largest absolute Gasteiger partial charge is 0.313 e. The molecule has 2 aromatic heterocycles. The molecule has 100 valence electrons. The molecule has 0 saturated carbocycles. The third kappa shape index (κ3) is 3.33. The van der Waals surface area contributed by atoms with Crippen LogP contribution in [0.5, 0.6) is 0 Å². The van der Waals surface area contributed by atoms with E-state index in [2.05, 4.69) is 25.5 Å². The summed E-state index contributed by atoms with van der Waals surface area (Å²) >= 11 is 2.02. The first-order valence-electron chi connectivity index (χ1n) is 6.54. The molecule has 6 heteroatoms. The van der Waals surface area contributed by atoms with Crippen LogP contribution in [0.15, 0.2) is 24.5 Å². The van der Waals surface area contributed by atoms with Crippen molar-refractivity contribution in [2.45, 2.75) is 18.9 Å². The zero-order chi connectivity index (χ0) is 12.9. The normalized spacial score (nSPS) is 18.8. The van der Waals surface area contributed by atoms with E-state index in [9.17, 15) is 0 Å². The molecule has 0 radical (unpaired) electrons. The Hall–Kier alpha value is -1.40. The Morgan fingerprint density at radius 2 is 2.47 bits per heavy atom. The van der Waals surface area contributed by atoms with Gasteiger partial charge in [-0.1, -0.05) is 0 Å². The van der Waals surface area contributed by atoms with Gasteiger partial charge < -0.3 is 5.32 Å². The maximum atomic E-state index is 4.49. The van der Waals surface area contributed by atoms with E-state index in [-0.39, 0.29) is 0 Å². The number of aromatic nitrogens is 4. The molecule has 1 fully saturated rings. The summed E-state index contributed by atoms with van der Waals surface area (Å²) in [6, 6.07) is 4.53. The first-order valence-corrected chi connectivity index (χ1v) is 7.70. The number of hydrogen-bond acceptors (Lipinski definition) is 5. The molecule has 0 spiro atoms. The van der Waals surface area contributed by atoms with Crippen LogP contribution in [0.25, 0.3) is 11.4 Å². The standard InChI is InChI=1S/C13H17N5S/c1-2-10(8-14-5-1)13-16-12(17-18-13)3-6-15-11-4-7-19-9-11/h1-2,5,8,11,15H,3-4,6-7,9H2,(H,16,17,18). The number of nitrogens with zero attached hydrogens (tertiary/aromatic N) is 3. The van der Waals surface area contributed by atoms with Crippen LogP contribution in [-0.4, -0.2) is 44.3 Å². The molecule has 2 N–H and O–H groups in total. The predicted molar refractivity (Wildman–Crippen MR) is 77.1 cm³/mol. The van der Waals surface area contributed by atoms with Gasteiger partial charge in [0.05, 0.1) is 0 Å². The quantitative estimate of drug-likeness (QED) is 0.865. The van der Waals surface area contributed by atoms with Gasteiger partial charge in [-0.3, -0.25) is 10.1 Å². The number of rotatable bonds is 5.